The Kier molecular flexibility index (Phi) is 3.56. The lowest BCUT2D eigenvalue weighted by atomic mass is 9.83. The highest BCUT2D eigenvalue weighted by Gasteiger charge is 2.36. The van der Waals surface area contributed by atoms with Crippen molar-refractivity contribution in [3.63, 3.8) is 0 Å². The Morgan fingerprint density at radius 2 is 1.80 bits per heavy atom. The molecule has 0 radical (unpaired) electrons. The third-order valence-corrected chi connectivity index (χ3v) is 4.76. The molecule has 1 aromatic heterocycles. The normalized spacial score (nSPS) is 13.4. The van der Waals surface area contributed by atoms with E-state index < -0.39 is 11.6 Å². The maximum absolute atomic E-state index is 12.9. The van der Waals surface area contributed by atoms with Gasteiger partial charge in [-0.05, 0) is 29.3 Å². The van der Waals surface area contributed by atoms with E-state index in [2.05, 4.69) is 0 Å². The maximum Gasteiger partial charge on any atom is 0.237 e. The van der Waals surface area contributed by atoms with E-state index in [0.29, 0.717) is 34.6 Å². The molecule has 1 aliphatic carbocycles. The Hall–Kier alpha value is -2.76. The van der Waals surface area contributed by atoms with Crippen LogP contribution in [0.1, 0.15) is 31.8 Å². The van der Waals surface area contributed by atoms with Gasteiger partial charge in [-0.25, -0.2) is 0 Å². The van der Waals surface area contributed by atoms with Gasteiger partial charge in [-0.1, -0.05) is 24.3 Å². The molecule has 1 aliphatic rings. The van der Waals surface area contributed by atoms with Crippen LogP contribution in [0.5, 0.6) is 0 Å². The van der Waals surface area contributed by atoms with Gasteiger partial charge in [0, 0.05) is 23.7 Å². The number of carbonyl (C=O) groups is 2. The van der Waals surface area contributed by atoms with Gasteiger partial charge in [0.05, 0.1) is 25.5 Å². The lowest BCUT2D eigenvalue weighted by Crippen LogP contribution is -2.24. The quantitative estimate of drug-likeness (QED) is 0.538. The molecule has 4 rings (SSSR count). The predicted molar refractivity (Wildman–Crippen MR) is 93.5 cm³/mol. The first kappa shape index (κ1) is 15.7. The molecule has 0 fully saturated rings. The second-order valence-corrected chi connectivity index (χ2v) is 6.25. The van der Waals surface area contributed by atoms with Crippen LogP contribution in [-0.2, 0) is 11.4 Å². The zero-order valence-corrected chi connectivity index (χ0v) is 14.3. The first-order valence-electron chi connectivity index (χ1n) is 8.00. The molecule has 0 atom stereocenters. The molecule has 0 spiro atoms. The number of furan rings is 1. The molecule has 3 aromatic rings. The molecule has 0 N–H and O–H groups in total. The van der Waals surface area contributed by atoms with E-state index in [1.54, 1.807) is 19.2 Å². The van der Waals surface area contributed by atoms with Crippen LogP contribution in [0.15, 0.2) is 41.0 Å². The lowest BCUT2D eigenvalue weighted by Gasteiger charge is -2.18. The number of aryl methyl sites for hydroxylation is 1. The van der Waals surface area contributed by atoms with Crippen LogP contribution >= 0.6 is 0 Å². The maximum atomic E-state index is 12.9. The highest BCUT2D eigenvalue weighted by atomic mass is 16.7. The summed E-state index contributed by atoms with van der Waals surface area (Å²) < 4.78 is 5.70. The molecule has 5 heteroatoms. The standard InChI is InChI=1S/C20H17NO4/c1-11-5-4-6-14-13(11)7-8-15-17(14)19(23)18(22)16-12(9-21(2)24-3)10-25-20(15)16/h4-8,10H,9H2,1-3H3. The number of fused-ring (bicyclic) bond motifs is 5. The largest absolute Gasteiger partial charge is 0.463 e. The van der Waals surface area contributed by atoms with Crippen LogP contribution in [0.25, 0.3) is 22.1 Å². The number of hydroxylamine groups is 2. The number of Topliss-reactive ketones (excluding diaryl/α,β-unsaturated/α-hetero) is 2. The number of nitrogens with zero attached hydrogens (tertiary/aromatic N) is 1. The Balaban J connectivity index is 1.98. The van der Waals surface area contributed by atoms with Crippen molar-refractivity contribution in [2.75, 3.05) is 14.2 Å². The monoisotopic (exact) mass is 335 g/mol. The fraction of sp³-hybridized carbons (Fsp3) is 0.200. The molecule has 0 aliphatic heterocycles. The summed E-state index contributed by atoms with van der Waals surface area (Å²) in [7, 11) is 3.29. The zero-order valence-electron chi connectivity index (χ0n) is 14.3. The van der Waals surface area contributed by atoms with E-state index in [4.69, 9.17) is 9.25 Å². The van der Waals surface area contributed by atoms with Crippen molar-refractivity contribution in [1.29, 1.82) is 0 Å². The van der Waals surface area contributed by atoms with Gasteiger partial charge in [-0.2, -0.15) is 5.06 Å². The molecule has 0 saturated carbocycles. The predicted octanol–water partition coefficient (Wildman–Crippen LogP) is 3.78. The number of ketones is 2. The smallest absolute Gasteiger partial charge is 0.237 e. The molecule has 0 bridgehead atoms. The fourth-order valence-electron chi connectivity index (χ4n) is 3.44. The summed E-state index contributed by atoms with van der Waals surface area (Å²) in [6.07, 6.45) is 1.53. The molecule has 1 heterocycles. The summed E-state index contributed by atoms with van der Waals surface area (Å²) in [5.74, 6) is -0.548. The minimum Gasteiger partial charge on any atom is -0.463 e. The second kappa shape index (κ2) is 5.65. The molecule has 5 nitrogen and oxygen atoms in total. The fourth-order valence-corrected chi connectivity index (χ4v) is 3.44. The average molecular weight is 335 g/mol. The topological polar surface area (TPSA) is 59.8 Å². The second-order valence-electron chi connectivity index (χ2n) is 6.25. The van der Waals surface area contributed by atoms with Gasteiger partial charge in [-0.15, -0.1) is 0 Å². The minimum absolute atomic E-state index is 0.341. The molecule has 0 saturated heterocycles. The summed E-state index contributed by atoms with van der Waals surface area (Å²) in [6.45, 7) is 2.34. The van der Waals surface area contributed by atoms with Gasteiger partial charge in [0.2, 0.25) is 11.6 Å². The molecule has 25 heavy (non-hydrogen) atoms. The molecular formula is C20H17NO4. The van der Waals surface area contributed by atoms with E-state index in [0.717, 1.165) is 16.3 Å². The van der Waals surface area contributed by atoms with Crippen molar-refractivity contribution >= 4 is 22.3 Å². The van der Waals surface area contributed by atoms with E-state index in [9.17, 15) is 9.59 Å². The van der Waals surface area contributed by atoms with Crippen LogP contribution in [-0.4, -0.2) is 30.8 Å². The van der Waals surface area contributed by atoms with Gasteiger partial charge in [-0.3, -0.25) is 9.59 Å². The van der Waals surface area contributed by atoms with Crippen molar-refractivity contribution in [2.24, 2.45) is 0 Å². The molecule has 126 valence electrons. The zero-order chi connectivity index (χ0) is 17.7. The Bertz CT molecular complexity index is 1030. The van der Waals surface area contributed by atoms with E-state index in [1.807, 2.05) is 37.3 Å². The third kappa shape index (κ3) is 2.24. The van der Waals surface area contributed by atoms with E-state index in [1.165, 1.54) is 6.26 Å². The van der Waals surface area contributed by atoms with E-state index in [-0.39, 0.29) is 0 Å². The average Bonchev–Trinajstić information content (AvgIpc) is 3.03. The van der Waals surface area contributed by atoms with Crippen LogP contribution < -0.4 is 0 Å². The number of hydrogen-bond acceptors (Lipinski definition) is 5. The highest BCUT2D eigenvalue weighted by molar-refractivity contribution is 6.54. The van der Waals surface area contributed by atoms with Gasteiger partial charge >= 0.3 is 0 Å². The summed E-state index contributed by atoms with van der Waals surface area (Å²) in [4.78, 5) is 30.8. The van der Waals surface area contributed by atoms with Crippen LogP contribution in [0.2, 0.25) is 0 Å². The van der Waals surface area contributed by atoms with Crippen LogP contribution in [0.4, 0.5) is 0 Å². The van der Waals surface area contributed by atoms with Crippen molar-refractivity contribution in [3.05, 3.63) is 58.8 Å². The molecule has 2 aromatic carbocycles. The van der Waals surface area contributed by atoms with Gasteiger partial charge < -0.3 is 9.25 Å². The highest BCUT2D eigenvalue weighted by Crippen LogP contribution is 2.40. The van der Waals surface area contributed by atoms with Gasteiger partial charge in [0.25, 0.3) is 0 Å². The van der Waals surface area contributed by atoms with Crippen molar-refractivity contribution in [2.45, 2.75) is 13.5 Å². The number of rotatable bonds is 3. The summed E-state index contributed by atoms with van der Waals surface area (Å²) in [5.41, 5.74) is 3.15. The number of carbonyl (C=O) groups excluding carboxylic acids is 2. The first-order chi connectivity index (χ1) is 12.0. The summed E-state index contributed by atoms with van der Waals surface area (Å²) in [6, 6.07) is 9.59. The Morgan fingerprint density at radius 1 is 1.04 bits per heavy atom. The summed E-state index contributed by atoms with van der Waals surface area (Å²) >= 11 is 0. The number of hydrogen-bond donors (Lipinski definition) is 0. The minimum atomic E-state index is -0.523. The Morgan fingerprint density at radius 3 is 2.56 bits per heavy atom. The molecular weight excluding hydrogens is 318 g/mol. The Labute approximate surface area is 144 Å². The van der Waals surface area contributed by atoms with Crippen LogP contribution in [0.3, 0.4) is 0 Å². The first-order valence-corrected chi connectivity index (χ1v) is 8.00. The van der Waals surface area contributed by atoms with Crippen molar-refractivity contribution < 1.29 is 18.8 Å². The molecule has 0 amide bonds. The van der Waals surface area contributed by atoms with Gasteiger partial charge in [0.1, 0.15) is 5.76 Å². The SMILES string of the molecule is CON(C)Cc1coc2c1C(=O)C(=O)c1c-2ccc2c(C)cccc12. The number of benzene rings is 2. The summed E-state index contributed by atoms with van der Waals surface area (Å²) in [5, 5.41) is 3.33. The van der Waals surface area contributed by atoms with Gasteiger partial charge in [0.15, 0.2) is 0 Å². The van der Waals surface area contributed by atoms with Crippen LogP contribution in [0, 0.1) is 6.92 Å². The third-order valence-electron chi connectivity index (χ3n) is 4.76. The lowest BCUT2D eigenvalue weighted by molar-refractivity contribution is -0.116. The van der Waals surface area contributed by atoms with E-state index >= 15 is 0 Å². The molecule has 0 unspecified atom stereocenters. The van der Waals surface area contributed by atoms with Crippen molar-refractivity contribution in [1.82, 2.24) is 5.06 Å². The van der Waals surface area contributed by atoms with Crippen molar-refractivity contribution in [3.8, 4) is 11.3 Å².